The molecule has 5 nitrogen and oxygen atoms in total. The number of carbonyl (C=O) groups is 1. The molecule has 0 unspecified atom stereocenters. The Kier molecular flexibility index (Phi) is 4.21. The molecule has 2 aromatic carbocycles. The molecule has 0 atom stereocenters. The van der Waals surface area contributed by atoms with Crippen molar-refractivity contribution in [1.82, 2.24) is 5.01 Å². The van der Waals surface area contributed by atoms with Crippen molar-refractivity contribution in [3.8, 4) is 0 Å². The summed E-state index contributed by atoms with van der Waals surface area (Å²) in [5.41, 5.74) is 2.06. The van der Waals surface area contributed by atoms with Crippen LogP contribution in [0.3, 0.4) is 0 Å². The van der Waals surface area contributed by atoms with Crippen molar-refractivity contribution in [1.29, 1.82) is 0 Å². The Morgan fingerprint density at radius 3 is 2.60 bits per heavy atom. The number of anilines is 2. The van der Waals surface area contributed by atoms with E-state index in [2.05, 4.69) is 10.3 Å². The molecule has 1 amide bonds. The average molecular weight is 339 g/mol. The minimum atomic E-state index is -0.405. The Labute approximate surface area is 145 Å². The fourth-order valence-corrected chi connectivity index (χ4v) is 3.12. The number of rotatable bonds is 3. The zero-order chi connectivity index (χ0) is 17.2. The van der Waals surface area contributed by atoms with Crippen LogP contribution in [0.25, 0.3) is 5.57 Å². The zero-order valence-corrected chi connectivity index (χ0v) is 13.6. The summed E-state index contributed by atoms with van der Waals surface area (Å²) < 4.78 is 19.7. The van der Waals surface area contributed by atoms with Gasteiger partial charge in [-0.1, -0.05) is 24.3 Å². The summed E-state index contributed by atoms with van der Waals surface area (Å²) in [7, 11) is 0. The molecular formula is C19H18FN3O2. The van der Waals surface area contributed by atoms with Gasteiger partial charge in [-0.25, -0.2) is 9.40 Å². The van der Waals surface area contributed by atoms with E-state index in [0.717, 1.165) is 5.69 Å². The number of carbonyl (C=O) groups excluding carboxylic acids is 1. The van der Waals surface area contributed by atoms with Gasteiger partial charge in [-0.2, -0.15) is 0 Å². The van der Waals surface area contributed by atoms with Gasteiger partial charge in [0.05, 0.1) is 30.2 Å². The van der Waals surface area contributed by atoms with Crippen molar-refractivity contribution < 1.29 is 13.9 Å². The monoisotopic (exact) mass is 339 g/mol. The minimum Gasteiger partial charge on any atom is -0.379 e. The largest absolute Gasteiger partial charge is 0.379 e. The van der Waals surface area contributed by atoms with Gasteiger partial charge < -0.3 is 10.1 Å². The summed E-state index contributed by atoms with van der Waals surface area (Å²) in [6.07, 6.45) is 1.71. The van der Waals surface area contributed by atoms with Crippen LogP contribution in [0.5, 0.6) is 0 Å². The molecule has 2 aromatic rings. The van der Waals surface area contributed by atoms with E-state index in [4.69, 9.17) is 4.74 Å². The van der Waals surface area contributed by atoms with Crippen LogP contribution < -0.4 is 10.3 Å². The van der Waals surface area contributed by atoms with Gasteiger partial charge in [0, 0.05) is 24.9 Å². The topological polar surface area (TPSA) is 44.8 Å². The van der Waals surface area contributed by atoms with Crippen molar-refractivity contribution in [3.05, 3.63) is 66.1 Å². The molecule has 25 heavy (non-hydrogen) atoms. The number of para-hydroxylation sites is 1. The number of amides is 1. The summed E-state index contributed by atoms with van der Waals surface area (Å²) in [6, 6.07) is 14.4. The summed E-state index contributed by atoms with van der Waals surface area (Å²) in [5.74, 6) is -0.702. The van der Waals surface area contributed by atoms with E-state index in [1.165, 1.54) is 6.07 Å². The first-order chi connectivity index (χ1) is 12.2. The highest BCUT2D eigenvalue weighted by Gasteiger charge is 2.29. The molecule has 0 saturated carbocycles. The molecule has 0 bridgehead atoms. The molecule has 0 aliphatic carbocycles. The molecule has 2 heterocycles. The smallest absolute Gasteiger partial charge is 0.258 e. The van der Waals surface area contributed by atoms with Crippen LogP contribution >= 0.6 is 0 Å². The van der Waals surface area contributed by atoms with Crippen molar-refractivity contribution in [3.63, 3.8) is 0 Å². The molecule has 128 valence electrons. The van der Waals surface area contributed by atoms with Crippen molar-refractivity contribution in [2.75, 3.05) is 36.6 Å². The lowest BCUT2D eigenvalue weighted by molar-refractivity contribution is -0.110. The molecule has 1 saturated heterocycles. The minimum absolute atomic E-state index is 0.297. The standard InChI is InChI=1S/C19H18FN3O2/c20-16-7-4-8-17-18(16)15(19(24)21-17)13-23(14-5-2-1-3-6-14)22-9-11-25-12-10-22/h1-8,13H,9-12H2,(H,21,24). The van der Waals surface area contributed by atoms with Crippen molar-refractivity contribution >= 4 is 22.9 Å². The van der Waals surface area contributed by atoms with E-state index in [-0.39, 0.29) is 5.91 Å². The van der Waals surface area contributed by atoms with Crippen LogP contribution in [0.15, 0.2) is 54.7 Å². The normalized spacial score (nSPS) is 18.9. The summed E-state index contributed by atoms with van der Waals surface area (Å²) in [4.78, 5) is 12.4. The fourth-order valence-electron chi connectivity index (χ4n) is 3.12. The Balaban J connectivity index is 1.78. The first kappa shape index (κ1) is 15.8. The number of morpholine rings is 1. The molecular weight excluding hydrogens is 321 g/mol. The van der Waals surface area contributed by atoms with Crippen LogP contribution in [-0.2, 0) is 9.53 Å². The van der Waals surface area contributed by atoms with Crippen molar-refractivity contribution in [2.45, 2.75) is 0 Å². The zero-order valence-electron chi connectivity index (χ0n) is 13.6. The van der Waals surface area contributed by atoms with Gasteiger partial charge in [0.2, 0.25) is 0 Å². The number of nitrogens with zero attached hydrogens (tertiary/aromatic N) is 2. The van der Waals surface area contributed by atoms with Crippen molar-refractivity contribution in [2.24, 2.45) is 0 Å². The summed E-state index contributed by atoms with van der Waals surface area (Å²) in [5, 5.41) is 6.74. The maximum Gasteiger partial charge on any atom is 0.258 e. The molecule has 0 aromatic heterocycles. The van der Waals surface area contributed by atoms with Gasteiger partial charge in [0.15, 0.2) is 0 Å². The predicted molar refractivity (Wildman–Crippen MR) is 94.3 cm³/mol. The Bertz CT molecular complexity index is 817. The number of fused-ring (bicyclic) bond motifs is 1. The third-order valence-electron chi connectivity index (χ3n) is 4.34. The number of nitrogens with one attached hydrogen (secondary N) is 1. The van der Waals surface area contributed by atoms with Crippen LogP contribution in [0.1, 0.15) is 5.56 Å². The van der Waals surface area contributed by atoms with Crippen LogP contribution in [0.4, 0.5) is 15.8 Å². The number of hydrogen-bond donors (Lipinski definition) is 1. The molecule has 4 rings (SSSR count). The molecule has 1 fully saturated rings. The highest BCUT2D eigenvalue weighted by molar-refractivity contribution is 6.31. The van der Waals surface area contributed by atoms with Gasteiger partial charge in [-0.05, 0) is 24.3 Å². The molecule has 1 N–H and O–H groups in total. The second-order valence-electron chi connectivity index (χ2n) is 5.91. The lowest BCUT2D eigenvalue weighted by atomic mass is 10.1. The average Bonchev–Trinajstić information content (AvgIpc) is 2.97. The second-order valence-corrected chi connectivity index (χ2v) is 5.91. The summed E-state index contributed by atoms with van der Waals surface area (Å²) in [6.45, 7) is 2.63. The van der Waals surface area contributed by atoms with E-state index in [9.17, 15) is 9.18 Å². The van der Waals surface area contributed by atoms with Gasteiger partial charge in [-0.3, -0.25) is 9.80 Å². The van der Waals surface area contributed by atoms with Crippen LogP contribution in [0.2, 0.25) is 0 Å². The Hall–Kier alpha value is -2.70. The fraction of sp³-hybridized carbons (Fsp3) is 0.211. The highest BCUT2D eigenvalue weighted by Crippen LogP contribution is 2.35. The van der Waals surface area contributed by atoms with E-state index < -0.39 is 5.82 Å². The lowest BCUT2D eigenvalue weighted by Crippen LogP contribution is -2.46. The number of benzene rings is 2. The van der Waals surface area contributed by atoms with E-state index >= 15 is 0 Å². The van der Waals surface area contributed by atoms with E-state index in [0.29, 0.717) is 43.1 Å². The number of hydrogen-bond acceptors (Lipinski definition) is 4. The first-order valence-corrected chi connectivity index (χ1v) is 8.23. The van der Waals surface area contributed by atoms with Gasteiger partial charge in [0.25, 0.3) is 5.91 Å². The van der Waals surface area contributed by atoms with Crippen LogP contribution in [-0.4, -0.2) is 37.2 Å². The Morgan fingerprint density at radius 2 is 1.84 bits per heavy atom. The van der Waals surface area contributed by atoms with Crippen LogP contribution in [0, 0.1) is 5.82 Å². The number of hydrazine groups is 1. The van der Waals surface area contributed by atoms with Gasteiger partial charge in [0.1, 0.15) is 5.82 Å². The SMILES string of the molecule is O=C1Nc2cccc(F)c2C1=CN(c1ccccc1)N1CCOCC1. The van der Waals surface area contributed by atoms with E-state index in [1.54, 1.807) is 18.3 Å². The third-order valence-corrected chi connectivity index (χ3v) is 4.34. The predicted octanol–water partition coefficient (Wildman–Crippen LogP) is 2.87. The van der Waals surface area contributed by atoms with E-state index in [1.807, 2.05) is 35.3 Å². The number of ether oxygens (including phenoxy) is 1. The quantitative estimate of drug-likeness (QED) is 0.874. The summed E-state index contributed by atoms with van der Waals surface area (Å²) >= 11 is 0. The maximum absolute atomic E-state index is 14.3. The maximum atomic E-state index is 14.3. The molecule has 6 heteroatoms. The molecule has 0 spiro atoms. The molecule has 2 aliphatic heterocycles. The first-order valence-electron chi connectivity index (χ1n) is 8.23. The lowest BCUT2D eigenvalue weighted by Gasteiger charge is -2.36. The second kappa shape index (κ2) is 6.66. The third kappa shape index (κ3) is 3.01. The Morgan fingerprint density at radius 1 is 1.08 bits per heavy atom. The molecule has 0 radical (unpaired) electrons. The molecule has 2 aliphatic rings. The van der Waals surface area contributed by atoms with Gasteiger partial charge >= 0.3 is 0 Å². The van der Waals surface area contributed by atoms with Gasteiger partial charge in [-0.15, -0.1) is 0 Å². The number of halogens is 1. The highest BCUT2D eigenvalue weighted by atomic mass is 19.1.